The maximum absolute atomic E-state index is 12.3. The number of nitrogens with zero attached hydrogens (tertiary/aromatic N) is 3. The molecule has 2 aromatic heterocycles. The van der Waals surface area contributed by atoms with Crippen molar-refractivity contribution < 1.29 is 9.53 Å². The van der Waals surface area contributed by atoms with Crippen LogP contribution in [-0.4, -0.2) is 20.1 Å². The highest BCUT2D eigenvalue weighted by Crippen LogP contribution is 2.22. The molecule has 0 saturated carbocycles. The van der Waals surface area contributed by atoms with E-state index in [0.29, 0.717) is 6.54 Å². The van der Waals surface area contributed by atoms with Crippen LogP contribution in [0.15, 0.2) is 53.3 Å². The van der Waals surface area contributed by atoms with Crippen LogP contribution in [0.25, 0.3) is 21.3 Å². The van der Waals surface area contributed by atoms with E-state index < -0.39 is 0 Å². The number of thiazole rings is 1. The number of para-hydroxylation sites is 3. The molecule has 0 bridgehead atoms. The number of aryl methyl sites for hydroxylation is 2. The molecule has 26 heavy (non-hydrogen) atoms. The number of imidazole rings is 1. The van der Waals surface area contributed by atoms with Gasteiger partial charge in [0.25, 0.3) is 0 Å². The Morgan fingerprint density at radius 1 is 1.12 bits per heavy atom. The van der Waals surface area contributed by atoms with Gasteiger partial charge in [-0.2, -0.15) is 0 Å². The molecule has 6 nitrogen and oxygen atoms in total. The molecule has 0 N–H and O–H groups in total. The Morgan fingerprint density at radius 2 is 1.85 bits per heavy atom. The van der Waals surface area contributed by atoms with Crippen LogP contribution in [0.3, 0.4) is 0 Å². The molecular formula is C19H17N3O3S. The maximum atomic E-state index is 12.3. The second-order valence-electron chi connectivity index (χ2n) is 5.97. The second kappa shape index (κ2) is 6.76. The molecule has 7 heteroatoms. The van der Waals surface area contributed by atoms with Crippen LogP contribution in [0.2, 0.25) is 0 Å². The summed E-state index contributed by atoms with van der Waals surface area (Å²) in [6.07, 6.45) is 0.138. The Balaban J connectivity index is 1.41. The number of carbonyl (C=O) groups excluding carboxylic acids is 1. The molecule has 0 aliphatic heterocycles. The summed E-state index contributed by atoms with van der Waals surface area (Å²) in [6.45, 7) is 0.446. The van der Waals surface area contributed by atoms with E-state index in [1.807, 2.05) is 48.5 Å². The fourth-order valence-corrected chi connectivity index (χ4v) is 3.86. The number of fused-ring (bicyclic) bond motifs is 2. The molecule has 0 radical (unpaired) electrons. The van der Waals surface area contributed by atoms with Crippen LogP contribution in [0.1, 0.15) is 11.4 Å². The summed E-state index contributed by atoms with van der Waals surface area (Å²) in [5.41, 5.74) is 2.44. The van der Waals surface area contributed by atoms with Crippen molar-refractivity contribution in [2.45, 2.75) is 19.6 Å². The molecule has 4 rings (SSSR count). The normalized spacial score (nSPS) is 11.3. The fourth-order valence-electron chi connectivity index (χ4n) is 2.98. The van der Waals surface area contributed by atoms with Gasteiger partial charge in [-0.1, -0.05) is 24.3 Å². The number of aromatic nitrogens is 3. The van der Waals surface area contributed by atoms with E-state index in [1.54, 1.807) is 16.2 Å². The summed E-state index contributed by atoms with van der Waals surface area (Å²) in [5.74, 6) is -0.343. The molecule has 4 aromatic rings. The lowest BCUT2D eigenvalue weighted by atomic mass is 10.3. The third kappa shape index (κ3) is 3.01. The highest BCUT2D eigenvalue weighted by atomic mass is 32.1. The number of hydrogen-bond donors (Lipinski definition) is 0. The number of carbonyl (C=O) groups is 1. The minimum atomic E-state index is -0.343. The fraction of sp³-hybridized carbons (Fsp3) is 0.211. The Labute approximate surface area is 153 Å². The Morgan fingerprint density at radius 3 is 2.65 bits per heavy atom. The molecule has 0 amide bonds. The topological polar surface area (TPSA) is 66.1 Å². The van der Waals surface area contributed by atoms with Gasteiger partial charge in [0.1, 0.15) is 11.6 Å². The van der Waals surface area contributed by atoms with Crippen LogP contribution in [0, 0.1) is 0 Å². The van der Waals surface area contributed by atoms with Crippen molar-refractivity contribution in [1.29, 1.82) is 0 Å². The molecule has 0 fully saturated rings. The van der Waals surface area contributed by atoms with Crippen molar-refractivity contribution in [1.82, 2.24) is 14.1 Å². The highest BCUT2D eigenvalue weighted by molar-refractivity contribution is 7.18. The number of hydrogen-bond acceptors (Lipinski definition) is 5. The average molecular weight is 367 g/mol. The lowest BCUT2D eigenvalue weighted by Crippen LogP contribution is -2.23. The Kier molecular flexibility index (Phi) is 4.30. The average Bonchev–Trinajstić information content (AvgIpc) is 3.18. The van der Waals surface area contributed by atoms with Gasteiger partial charge < -0.3 is 4.74 Å². The first kappa shape index (κ1) is 16.5. The Bertz CT molecular complexity index is 1120. The maximum Gasteiger partial charge on any atom is 0.328 e. The minimum Gasteiger partial charge on any atom is -0.458 e. The van der Waals surface area contributed by atoms with Gasteiger partial charge in [-0.25, -0.2) is 9.78 Å². The van der Waals surface area contributed by atoms with Gasteiger partial charge in [-0.3, -0.25) is 13.9 Å². The van der Waals surface area contributed by atoms with Crippen LogP contribution >= 0.6 is 11.3 Å². The van der Waals surface area contributed by atoms with Gasteiger partial charge in [0.05, 0.1) is 27.7 Å². The van der Waals surface area contributed by atoms with E-state index in [-0.39, 0.29) is 24.7 Å². The third-order valence-electron chi connectivity index (χ3n) is 4.29. The summed E-state index contributed by atoms with van der Waals surface area (Å²) in [6, 6.07) is 15.3. The summed E-state index contributed by atoms with van der Waals surface area (Å²) in [5, 5.41) is 0.766. The summed E-state index contributed by atoms with van der Waals surface area (Å²) >= 11 is 1.51. The van der Waals surface area contributed by atoms with Gasteiger partial charge >= 0.3 is 11.7 Å². The number of esters is 1. The molecule has 0 aliphatic carbocycles. The zero-order valence-corrected chi connectivity index (χ0v) is 15.0. The van der Waals surface area contributed by atoms with Gasteiger partial charge in [-0.15, -0.1) is 11.3 Å². The molecule has 0 saturated heterocycles. The van der Waals surface area contributed by atoms with Crippen molar-refractivity contribution >= 4 is 38.6 Å². The zero-order chi connectivity index (χ0) is 18.1. The lowest BCUT2D eigenvalue weighted by Gasteiger charge is -2.04. The largest absolute Gasteiger partial charge is 0.458 e. The number of rotatable bonds is 5. The lowest BCUT2D eigenvalue weighted by molar-refractivity contribution is -0.145. The third-order valence-corrected chi connectivity index (χ3v) is 5.30. The first-order valence-electron chi connectivity index (χ1n) is 8.28. The van der Waals surface area contributed by atoms with Crippen LogP contribution < -0.4 is 5.69 Å². The number of ether oxygens (including phenoxy) is 1. The molecule has 132 valence electrons. The van der Waals surface area contributed by atoms with Gasteiger partial charge in [-0.05, 0) is 24.3 Å². The van der Waals surface area contributed by atoms with Gasteiger partial charge in [0.15, 0.2) is 0 Å². The molecule has 0 atom stereocenters. The van der Waals surface area contributed by atoms with Crippen molar-refractivity contribution in [3.63, 3.8) is 0 Å². The first-order chi connectivity index (χ1) is 12.6. The molecule has 0 unspecified atom stereocenters. The molecular weight excluding hydrogens is 350 g/mol. The summed E-state index contributed by atoms with van der Waals surface area (Å²) in [7, 11) is 1.73. The van der Waals surface area contributed by atoms with E-state index >= 15 is 0 Å². The van der Waals surface area contributed by atoms with E-state index in [2.05, 4.69) is 4.98 Å². The van der Waals surface area contributed by atoms with E-state index in [4.69, 9.17) is 4.74 Å². The van der Waals surface area contributed by atoms with Crippen molar-refractivity contribution in [3.8, 4) is 0 Å². The van der Waals surface area contributed by atoms with Crippen molar-refractivity contribution in [2.24, 2.45) is 7.05 Å². The predicted octanol–water partition coefficient (Wildman–Crippen LogP) is 3.08. The van der Waals surface area contributed by atoms with Gasteiger partial charge in [0, 0.05) is 13.6 Å². The minimum absolute atomic E-state index is 0.134. The standard InChI is InChI=1S/C19H17N3O3S/c1-21-14-7-3-4-8-15(14)22(19(21)24)11-10-18(23)25-12-17-20-13-6-2-5-9-16(13)26-17/h2-9H,10-12H2,1H3. The van der Waals surface area contributed by atoms with Crippen molar-refractivity contribution in [3.05, 3.63) is 64.0 Å². The van der Waals surface area contributed by atoms with Crippen LogP contribution in [0.4, 0.5) is 0 Å². The quantitative estimate of drug-likeness (QED) is 0.509. The summed E-state index contributed by atoms with van der Waals surface area (Å²) in [4.78, 5) is 28.9. The zero-order valence-electron chi connectivity index (χ0n) is 14.2. The first-order valence-corrected chi connectivity index (χ1v) is 9.09. The van der Waals surface area contributed by atoms with E-state index in [0.717, 1.165) is 26.3 Å². The number of benzene rings is 2. The molecule has 0 aliphatic rings. The van der Waals surface area contributed by atoms with Gasteiger partial charge in [0.2, 0.25) is 0 Å². The van der Waals surface area contributed by atoms with Crippen LogP contribution in [0.5, 0.6) is 0 Å². The van der Waals surface area contributed by atoms with Crippen molar-refractivity contribution in [2.75, 3.05) is 0 Å². The van der Waals surface area contributed by atoms with Crippen LogP contribution in [-0.2, 0) is 29.7 Å². The van der Waals surface area contributed by atoms with E-state index in [1.165, 1.54) is 11.3 Å². The molecule has 2 heterocycles. The Hall–Kier alpha value is -2.93. The smallest absolute Gasteiger partial charge is 0.328 e. The second-order valence-corrected chi connectivity index (χ2v) is 7.08. The van der Waals surface area contributed by atoms with E-state index in [9.17, 15) is 9.59 Å². The SMILES string of the molecule is Cn1c(=O)n(CCC(=O)OCc2nc3ccccc3s2)c2ccccc21. The predicted molar refractivity (Wildman–Crippen MR) is 101 cm³/mol. The molecule has 0 spiro atoms. The molecule has 2 aromatic carbocycles. The highest BCUT2D eigenvalue weighted by Gasteiger charge is 2.12. The summed E-state index contributed by atoms with van der Waals surface area (Å²) < 4.78 is 9.59. The monoisotopic (exact) mass is 367 g/mol.